The number of benzene rings is 1. The topological polar surface area (TPSA) is 49.4 Å². The molecule has 1 aromatic rings. The molecule has 19 heavy (non-hydrogen) atoms. The summed E-state index contributed by atoms with van der Waals surface area (Å²) in [6, 6.07) is 7.20. The van der Waals surface area contributed by atoms with Gasteiger partial charge in [-0.1, -0.05) is 38.5 Å². The Labute approximate surface area is 116 Å². The lowest BCUT2D eigenvalue weighted by molar-refractivity contribution is 0.458. The van der Waals surface area contributed by atoms with Crippen molar-refractivity contribution < 1.29 is 8.42 Å². The van der Waals surface area contributed by atoms with Crippen LogP contribution in [0.15, 0.2) is 29.2 Å². The van der Waals surface area contributed by atoms with Gasteiger partial charge < -0.3 is 5.32 Å². The van der Waals surface area contributed by atoms with E-state index in [1.165, 1.54) is 4.31 Å². The monoisotopic (exact) mass is 284 g/mol. The lowest BCUT2D eigenvalue weighted by Gasteiger charge is -2.19. The molecule has 0 aromatic heterocycles. The fourth-order valence-electron chi connectivity index (χ4n) is 1.83. The van der Waals surface area contributed by atoms with E-state index in [1.54, 1.807) is 19.2 Å². The molecule has 108 valence electrons. The molecule has 0 bridgehead atoms. The molecule has 1 N–H and O–H groups in total. The first-order chi connectivity index (χ1) is 9.04. The van der Waals surface area contributed by atoms with Crippen LogP contribution in [0.4, 0.5) is 0 Å². The molecule has 1 rings (SSSR count). The minimum atomic E-state index is -3.38. The first kappa shape index (κ1) is 16.1. The fourth-order valence-corrected chi connectivity index (χ4v) is 3.26. The molecule has 0 heterocycles. The first-order valence-corrected chi connectivity index (χ1v) is 8.23. The summed E-state index contributed by atoms with van der Waals surface area (Å²) in [6.45, 7) is 6.02. The highest BCUT2D eigenvalue weighted by atomic mass is 32.2. The molecule has 0 aliphatic rings. The van der Waals surface area contributed by atoms with Crippen LogP contribution in [-0.2, 0) is 16.6 Å². The maximum Gasteiger partial charge on any atom is 0.243 e. The molecule has 0 aliphatic heterocycles. The van der Waals surface area contributed by atoms with Crippen molar-refractivity contribution in [2.45, 2.75) is 38.1 Å². The van der Waals surface area contributed by atoms with Crippen molar-refractivity contribution >= 4 is 10.0 Å². The normalized spacial score (nSPS) is 12.0. The van der Waals surface area contributed by atoms with E-state index >= 15 is 0 Å². The Kier molecular flexibility index (Phi) is 6.48. The summed E-state index contributed by atoms with van der Waals surface area (Å²) < 4.78 is 26.5. The highest BCUT2D eigenvalue weighted by Crippen LogP contribution is 2.19. The SMILES string of the molecule is CCCCN(C)S(=O)(=O)c1ccccc1CNCC. The van der Waals surface area contributed by atoms with Gasteiger partial charge in [-0.3, -0.25) is 0 Å². The van der Waals surface area contributed by atoms with Crippen molar-refractivity contribution in [2.75, 3.05) is 20.1 Å². The second-order valence-electron chi connectivity index (χ2n) is 4.57. The molecular formula is C14H24N2O2S. The van der Waals surface area contributed by atoms with Crippen LogP contribution in [0, 0.1) is 0 Å². The second-order valence-corrected chi connectivity index (χ2v) is 6.58. The van der Waals surface area contributed by atoms with E-state index < -0.39 is 10.0 Å². The molecule has 0 atom stereocenters. The average Bonchev–Trinajstić information content (AvgIpc) is 2.42. The van der Waals surface area contributed by atoms with Gasteiger partial charge in [-0.15, -0.1) is 0 Å². The Bertz CT molecular complexity index is 486. The number of sulfonamides is 1. The molecule has 5 heteroatoms. The summed E-state index contributed by atoms with van der Waals surface area (Å²) in [5.74, 6) is 0. The molecule has 0 fully saturated rings. The second kappa shape index (κ2) is 7.62. The summed E-state index contributed by atoms with van der Waals surface area (Å²) in [7, 11) is -1.73. The van der Waals surface area contributed by atoms with E-state index in [2.05, 4.69) is 12.2 Å². The van der Waals surface area contributed by atoms with E-state index in [0.29, 0.717) is 18.0 Å². The lowest BCUT2D eigenvalue weighted by atomic mass is 10.2. The highest BCUT2D eigenvalue weighted by Gasteiger charge is 2.22. The number of unbranched alkanes of at least 4 members (excludes halogenated alkanes) is 1. The van der Waals surface area contributed by atoms with Crippen LogP contribution < -0.4 is 5.32 Å². The Hall–Kier alpha value is -0.910. The zero-order valence-corrected chi connectivity index (χ0v) is 12.8. The zero-order chi connectivity index (χ0) is 14.3. The summed E-state index contributed by atoms with van der Waals surface area (Å²) in [6.07, 6.45) is 1.87. The fraction of sp³-hybridized carbons (Fsp3) is 0.571. The van der Waals surface area contributed by atoms with Gasteiger partial charge in [0.1, 0.15) is 0 Å². The van der Waals surface area contributed by atoms with E-state index in [-0.39, 0.29) is 0 Å². The van der Waals surface area contributed by atoms with Crippen molar-refractivity contribution in [2.24, 2.45) is 0 Å². The highest BCUT2D eigenvalue weighted by molar-refractivity contribution is 7.89. The molecule has 0 unspecified atom stereocenters. The van der Waals surface area contributed by atoms with Crippen molar-refractivity contribution in [3.8, 4) is 0 Å². The number of hydrogen-bond donors (Lipinski definition) is 1. The summed E-state index contributed by atoms with van der Waals surface area (Å²) in [4.78, 5) is 0.412. The van der Waals surface area contributed by atoms with Crippen LogP contribution in [0.2, 0.25) is 0 Å². The van der Waals surface area contributed by atoms with Gasteiger partial charge in [-0.05, 0) is 24.6 Å². The minimum absolute atomic E-state index is 0.412. The molecule has 0 radical (unpaired) electrons. The lowest BCUT2D eigenvalue weighted by Crippen LogP contribution is -2.29. The van der Waals surface area contributed by atoms with Crippen LogP contribution in [-0.4, -0.2) is 32.9 Å². The molecular weight excluding hydrogens is 260 g/mol. The standard InChI is InChI=1S/C14H24N2O2S/c1-4-6-11-16(3)19(17,18)14-10-8-7-9-13(14)12-15-5-2/h7-10,15H,4-6,11-12H2,1-3H3. The maximum atomic E-state index is 12.5. The van der Waals surface area contributed by atoms with Crippen LogP contribution in [0.1, 0.15) is 32.3 Å². The van der Waals surface area contributed by atoms with Gasteiger partial charge in [0.15, 0.2) is 0 Å². The van der Waals surface area contributed by atoms with Crippen molar-refractivity contribution in [3.63, 3.8) is 0 Å². The van der Waals surface area contributed by atoms with Gasteiger partial charge in [0.25, 0.3) is 0 Å². The third kappa shape index (κ3) is 4.30. The van der Waals surface area contributed by atoms with Crippen molar-refractivity contribution in [1.29, 1.82) is 0 Å². The zero-order valence-electron chi connectivity index (χ0n) is 12.0. The summed E-state index contributed by atoms with van der Waals surface area (Å²) in [5.41, 5.74) is 0.827. The largest absolute Gasteiger partial charge is 0.313 e. The predicted octanol–water partition coefficient (Wildman–Crippen LogP) is 2.22. The maximum absolute atomic E-state index is 12.5. The van der Waals surface area contributed by atoms with Crippen LogP contribution in [0.25, 0.3) is 0 Å². The molecule has 0 spiro atoms. The van der Waals surface area contributed by atoms with Crippen molar-refractivity contribution in [3.05, 3.63) is 29.8 Å². The van der Waals surface area contributed by atoms with Crippen LogP contribution in [0.3, 0.4) is 0 Å². The Balaban J connectivity index is 3.00. The molecule has 1 aromatic carbocycles. The molecule has 0 amide bonds. The van der Waals surface area contributed by atoms with Gasteiger partial charge >= 0.3 is 0 Å². The Morgan fingerprint density at radius 3 is 2.53 bits per heavy atom. The van der Waals surface area contributed by atoms with Crippen LogP contribution in [0.5, 0.6) is 0 Å². The van der Waals surface area contributed by atoms with Gasteiger partial charge in [-0.25, -0.2) is 12.7 Å². The number of nitrogens with zero attached hydrogens (tertiary/aromatic N) is 1. The molecule has 4 nitrogen and oxygen atoms in total. The van der Waals surface area contributed by atoms with E-state index in [0.717, 1.165) is 24.9 Å². The molecule has 0 saturated carbocycles. The molecule has 0 saturated heterocycles. The smallest absolute Gasteiger partial charge is 0.243 e. The predicted molar refractivity (Wildman–Crippen MR) is 78.5 cm³/mol. The van der Waals surface area contributed by atoms with Crippen molar-refractivity contribution in [1.82, 2.24) is 9.62 Å². The quantitative estimate of drug-likeness (QED) is 0.796. The Morgan fingerprint density at radius 1 is 1.21 bits per heavy atom. The third-order valence-electron chi connectivity index (χ3n) is 3.05. The van der Waals surface area contributed by atoms with Crippen LogP contribution >= 0.6 is 0 Å². The van der Waals surface area contributed by atoms with Gasteiger partial charge in [0.2, 0.25) is 10.0 Å². The summed E-state index contributed by atoms with van der Waals surface area (Å²) >= 11 is 0. The number of nitrogens with one attached hydrogen (secondary N) is 1. The van der Waals surface area contributed by atoms with Gasteiger partial charge in [0.05, 0.1) is 4.90 Å². The average molecular weight is 284 g/mol. The molecule has 0 aliphatic carbocycles. The first-order valence-electron chi connectivity index (χ1n) is 6.79. The van der Waals surface area contributed by atoms with E-state index in [9.17, 15) is 8.42 Å². The van der Waals surface area contributed by atoms with Gasteiger partial charge in [-0.2, -0.15) is 0 Å². The van der Waals surface area contributed by atoms with E-state index in [1.807, 2.05) is 19.1 Å². The number of hydrogen-bond acceptors (Lipinski definition) is 3. The Morgan fingerprint density at radius 2 is 1.89 bits per heavy atom. The van der Waals surface area contributed by atoms with E-state index in [4.69, 9.17) is 0 Å². The number of rotatable bonds is 8. The third-order valence-corrected chi connectivity index (χ3v) is 5.01. The summed E-state index contributed by atoms with van der Waals surface area (Å²) in [5, 5.41) is 3.18. The van der Waals surface area contributed by atoms with Gasteiger partial charge in [0, 0.05) is 20.1 Å². The minimum Gasteiger partial charge on any atom is -0.313 e.